The van der Waals surface area contributed by atoms with Gasteiger partial charge in [-0.05, 0) is 49.2 Å². The fraction of sp³-hybridized carbons (Fsp3) is 0.222. The predicted octanol–water partition coefficient (Wildman–Crippen LogP) is 3.83. The molecule has 0 aromatic heterocycles. The van der Waals surface area contributed by atoms with Gasteiger partial charge in [0, 0.05) is 0 Å². The van der Waals surface area contributed by atoms with Gasteiger partial charge in [0.15, 0.2) is 11.6 Å². The van der Waals surface area contributed by atoms with E-state index in [0.29, 0.717) is 5.69 Å². The van der Waals surface area contributed by atoms with Crippen LogP contribution in [0.5, 0.6) is 5.75 Å². The molecule has 0 atom stereocenters. The summed E-state index contributed by atoms with van der Waals surface area (Å²) in [4.78, 5) is -0.136. The van der Waals surface area contributed by atoms with Crippen LogP contribution in [-0.2, 0) is 10.0 Å². The van der Waals surface area contributed by atoms with Crippen LogP contribution in [0.15, 0.2) is 53.9 Å². The first-order valence-corrected chi connectivity index (χ1v) is 8.79. The van der Waals surface area contributed by atoms with E-state index in [-0.39, 0.29) is 17.2 Å². The number of nitrogens with zero attached hydrogens (tertiary/aromatic N) is 1. The molecular weight excluding hydrogens is 329 g/mol. The number of rotatable bonds is 6. The maximum absolute atomic E-state index is 13.9. The van der Waals surface area contributed by atoms with Crippen LogP contribution in [0.3, 0.4) is 0 Å². The van der Waals surface area contributed by atoms with E-state index in [0.717, 1.165) is 17.2 Å². The maximum Gasteiger partial charge on any atom is 0.264 e. The summed E-state index contributed by atoms with van der Waals surface area (Å²) in [6.07, 6.45) is 1.50. The average molecular weight is 349 g/mol. The first kappa shape index (κ1) is 18.0. The molecule has 0 N–H and O–H groups in total. The van der Waals surface area contributed by atoms with E-state index in [9.17, 15) is 12.8 Å². The van der Waals surface area contributed by atoms with Gasteiger partial charge in [0.2, 0.25) is 0 Å². The van der Waals surface area contributed by atoms with Crippen LogP contribution in [0.2, 0.25) is 0 Å². The second-order valence-corrected chi connectivity index (χ2v) is 7.27. The molecule has 0 heterocycles. The van der Waals surface area contributed by atoms with Gasteiger partial charge in [-0.1, -0.05) is 18.2 Å². The predicted molar refractivity (Wildman–Crippen MR) is 93.6 cm³/mol. The van der Waals surface area contributed by atoms with Gasteiger partial charge in [0.25, 0.3) is 10.0 Å². The van der Waals surface area contributed by atoms with Crippen molar-refractivity contribution in [2.24, 2.45) is 0 Å². The van der Waals surface area contributed by atoms with Crippen molar-refractivity contribution in [3.8, 4) is 5.75 Å². The lowest BCUT2D eigenvalue weighted by molar-refractivity contribution is 0.385. The second kappa shape index (κ2) is 7.05. The Balaban J connectivity index is 2.59. The monoisotopic (exact) mass is 349 g/mol. The normalized spacial score (nSPS) is 11.2. The largest absolute Gasteiger partial charge is 0.494 e. The Labute approximate surface area is 142 Å². The lowest BCUT2D eigenvalue weighted by Gasteiger charge is -2.25. The fourth-order valence-corrected chi connectivity index (χ4v) is 3.87. The molecule has 0 saturated heterocycles. The smallest absolute Gasteiger partial charge is 0.264 e. The van der Waals surface area contributed by atoms with Gasteiger partial charge in [-0.2, -0.15) is 0 Å². The van der Waals surface area contributed by atoms with Crippen LogP contribution in [0.4, 0.5) is 10.1 Å². The summed E-state index contributed by atoms with van der Waals surface area (Å²) in [5, 5.41) is 0. The van der Waals surface area contributed by atoms with Gasteiger partial charge in [0.05, 0.1) is 24.2 Å². The molecule has 0 spiro atoms. The molecule has 6 heteroatoms. The number of halogens is 1. The van der Waals surface area contributed by atoms with Crippen LogP contribution in [0.1, 0.15) is 11.1 Å². The van der Waals surface area contributed by atoms with Crippen LogP contribution < -0.4 is 9.04 Å². The zero-order valence-corrected chi connectivity index (χ0v) is 14.7. The Kier molecular flexibility index (Phi) is 5.29. The number of ether oxygens (including phenoxy) is 1. The molecule has 0 aliphatic heterocycles. The van der Waals surface area contributed by atoms with Gasteiger partial charge in [-0.25, -0.2) is 12.8 Å². The zero-order chi connectivity index (χ0) is 17.9. The molecule has 0 saturated carbocycles. The van der Waals surface area contributed by atoms with Crippen LogP contribution in [0.25, 0.3) is 0 Å². The Morgan fingerprint density at radius 2 is 1.92 bits per heavy atom. The molecule has 0 aliphatic carbocycles. The average Bonchev–Trinajstić information content (AvgIpc) is 2.54. The number of hydrogen-bond donors (Lipinski definition) is 0. The van der Waals surface area contributed by atoms with E-state index < -0.39 is 15.8 Å². The summed E-state index contributed by atoms with van der Waals surface area (Å²) in [5.74, 6) is -0.728. The quantitative estimate of drug-likeness (QED) is 0.745. The summed E-state index contributed by atoms with van der Waals surface area (Å²) in [6, 6.07) is 9.15. The molecule has 0 radical (unpaired) electrons. The Morgan fingerprint density at radius 3 is 2.50 bits per heavy atom. The number of methoxy groups -OCH3 is 1. The lowest BCUT2D eigenvalue weighted by atomic mass is 10.1. The van der Waals surface area contributed by atoms with E-state index in [1.54, 1.807) is 6.07 Å². The molecule has 0 amide bonds. The minimum Gasteiger partial charge on any atom is -0.494 e. The van der Waals surface area contributed by atoms with Crippen molar-refractivity contribution in [1.82, 2.24) is 0 Å². The van der Waals surface area contributed by atoms with Crippen molar-refractivity contribution in [3.63, 3.8) is 0 Å². The molecule has 128 valence electrons. The van der Waals surface area contributed by atoms with E-state index in [2.05, 4.69) is 6.58 Å². The Bertz CT molecular complexity index is 863. The number of benzene rings is 2. The molecule has 4 nitrogen and oxygen atoms in total. The fourth-order valence-electron chi connectivity index (χ4n) is 2.37. The molecule has 0 fully saturated rings. The first-order valence-electron chi connectivity index (χ1n) is 7.35. The third-order valence-corrected chi connectivity index (χ3v) is 5.42. The first-order chi connectivity index (χ1) is 11.3. The van der Waals surface area contributed by atoms with Gasteiger partial charge in [0.1, 0.15) is 0 Å². The van der Waals surface area contributed by atoms with E-state index in [4.69, 9.17) is 4.74 Å². The van der Waals surface area contributed by atoms with Crippen LogP contribution >= 0.6 is 0 Å². The van der Waals surface area contributed by atoms with Crippen molar-refractivity contribution >= 4 is 15.7 Å². The van der Waals surface area contributed by atoms with Crippen molar-refractivity contribution < 1.29 is 17.5 Å². The highest BCUT2D eigenvalue weighted by Gasteiger charge is 2.26. The van der Waals surface area contributed by atoms with Crippen LogP contribution in [0, 0.1) is 19.7 Å². The molecule has 2 aromatic carbocycles. The van der Waals surface area contributed by atoms with Gasteiger partial charge in [-0.15, -0.1) is 6.58 Å². The topological polar surface area (TPSA) is 46.6 Å². The van der Waals surface area contributed by atoms with Crippen LogP contribution in [-0.4, -0.2) is 22.1 Å². The summed E-state index contributed by atoms with van der Waals surface area (Å²) in [6.45, 7) is 7.43. The van der Waals surface area contributed by atoms with E-state index >= 15 is 0 Å². The zero-order valence-electron chi connectivity index (χ0n) is 13.9. The van der Waals surface area contributed by atoms with E-state index in [1.807, 2.05) is 26.0 Å². The maximum atomic E-state index is 13.9. The summed E-state index contributed by atoms with van der Waals surface area (Å²) >= 11 is 0. The molecule has 0 unspecified atom stereocenters. The highest BCUT2D eigenvalue weighted by molar-refractivity contribution is 7.92. The Hall–Kier alpha value is -2.34. The number of aryl methyl sites for hydroxylation is 2. The molecule has 0 aliphatic rings. The van der Waals surface area contributed by atoms with Gasteiger partial charge in [-0.3, -0.25) is 4.31 Å². The number of sulfonamides is 1. The van der Waals surface area contributed by atoms with Crippen molar-refractivity contribution in [2.75, 3.05) is 18.0 Å². The standard InChI is InChI=1S/C18H20FNO3S/c1-5-10-20(17-11-13(2)6-7-14(17)3)24(21,22)15-8-9-18(23-4)16(19)12-15/h5-9,11-12H,1,10H2,2-4H3. The lowest BCUT2D eigenvalue weighted by Crippen LogP contribution is -2.32. The minimum absolute atomic E-state index is 0.00374. The number of anilines is 1. The summed E-state index contributed by atoms with van der Waals surface area (Å²) in [5.41, 5.74) is 2.28. The van der Waals surface area contributed by atoms with Crippen molar-refractivity contribution in [1.29, 1.82) is 0 Å². The molecule has 2 aromatic rings. The second-order valence-electron chi connectivity index (χ2n) is 5.41. The molecular formula is C18H20FNO3S. The highest BCUT2D eigenvalue weighted by atomic mass is 32.2. The van der Waals surface area contributed by atoms with Crippen molar-refractivity contribution in [2.45, 2.75) is 18.7 Å². The third kappa shape index (κ3) is 3.43. The summed E-state index contributed by atoms with van der Waals surface area (Å²) < 4.78 is 46.0. The number of hydrogen-bond acceptors (Lipinski definition) is 3. The van der Waals surface area contributed by atoms with Gasteiger partial charge >= 0.3 is 0 Å². The minimum atomic E-state index is -3.94. The third-order valence-electron chi connectivity index (χ3n) is 3.64. The van der Waals surface area contributed by atoms with Gasteiger partial charge < -0.3 is 4.74 Å². The molecule has 2 rings (SSSR count). The summed E-state index contributed by atoms with van der Waals surface area (Å²) in [7, 11) is -2.61. The van der Waals surface area contributed by atoms with E-state index in [1.165, 1.54) is 29.6 Å². The molecule has 0 bridgehead atoms. The SMILES string of the molecule is C=CCN(c1cc(C)ccc1C)S(=O)(=O)c1ccc(OC)c(F)c1. The molecule has 24 heavy (non-hydrogen) atoms. The van der Waals surface area contributed by atoms with Crippen molar-refractivity contribution in [3.05, 3.63) is 66.0 Å². The Morgan fingerprint density at radius 1 is 1.21 bits per heavy atom. The highest BCUT2D eigenvalue weighted by Crippen LogP contribution is 2.29.